The van der Waals surface area contributed by atoms with Gasteiger partial charge in [-0.1, -0.05) is 89.5 Å². The molecular weight excluding hydrogens is 454 g/mol. The zero-order valence-corrected chi connectivity index (χ0v) is 21.9. The third-order valence-corrected chi connectivity index (χ3v) is 7.26. The van der Waals surface area contributed by atoms with Crippen LogP contribution in [-0.2, 0) is 16.1 Å². The lowest BCUT2D eigenvalue weighted by Crippen LogP contribution is -2.48. The van der Waals surface area contributed by atoms with Crippen LogP contribution in [0.4, 0.5) is 0 Å². The summed E-state index contributed by atoms with van der Waals surface area (Å²) in [5, 5.41) is 25.9. The van der Waals surface area contributed by atoms with Crippen molar-refractivity contribution in [3.63, 3.8) is 0 Å². The number of H-pyrrole nitrogens is 1. The Kier molecular flexibility index (Phi) is 11.8. The van der Waals surface area contributed by atoms with Crippen molar-refractivity contribution in [2.75, 3.05) is 19.7 Å². The number of fused-ring (bicyclic) bond motifs is 1. The maximum absolute atomic E-state index is 13.2. The van der Waals surface area contributed by atoms with Crippen molar-refractivity contribution in [2.45, 2.75) is 89.7 Å². The second-order valence-corrected chi connectivity index (χ2v) is 10.0. The van der Waals surface area contributed by atoms with Crippen molar-refractivity contribution in [2.24, 2.45) is 5.92 Å². The number of aliphatic hydroxyl groups is 2. The van der Waals surface area contributed by atoms with Crippen molar-refractivity contribution < 1.29 is 19.8 Å². The maximum Gasteiger partial charge on any atom is 0.240 e. The smallest absolute Gasteiger partial charge is 0.240 e. The van der Waals surface area contributed by atoms with E-state index in [0.29, 0.717) is 19.5 Å². The van der Waals surface area contributed by atoms with Gasteiger partial charge < -0.3 is 20.5 Å². The summed E-state index contributed by atoms with van der Waals surface area (Å²) in [6.45, 7) is 6.64. The first kappa shape index (κ1) is 28.2. The van der Waals surface area contributed by atoms with Gasteiger partial charge in [0.15, 0.2) is 0 Å². The molecule has 4 N–H and O–H groups in total. The molecule has 1 aromatic heterocycles. The van der Waals surface area contributed by atoms with Crippen molar-refractivity contribution in [1.29, 1.82) is 0 Å². The third-order valence-electron chi connectivity index (χ3n) is 7.26. The first-order valence-corrected chi connectivity index (χ1v) is 13.8. The van der Waals surface area contributed by atoms with Gasteiger partial charge in [0.1, 0.15) is 17.9 Å². The molecule has 0 saturated carbocycles. The molecule has 0 aliphatic carbocycles. The number of hydroxylamine groups is 2. The SMILES string of the molecule is C=C(O)[C@@H]1ON(CCCCCCCCCCCC)[C@H](C(=O)NCCc2c[nH]c3ccccc23)[C@@H]1CO. The molecule has 2 heterocycles. The average molecular weight is 500 g/mol. The summed E-state index contributed by atoms with van der Waals surface area (Å²) >= 11 is 0. The summed E-state index contributed by atoms with van der Waals surface area (Å²) in [5.74, 6) is -0.903. The highest BCUT2D eigenvalue weighted by molar-refractivity contribution is 5.84. The summed E-state index contributed by atoms with van der Waals surface area (Å²) in [5.41, 5.74) is 2.23. The van der Waals surface area contributed by atoms with E-state index in [9.17, 15) is 15.0 Å². The van der Waals surface area contributed by atoms with Crippen LogP contribution < -0.4 is 5.32 Å². The van der Waals surface area contributed by atoms with Crippen LogP contribution in [0.15, 0.2) is 42.8 Å². The lowest BCUT2D eigenvalue weighted by molar-refractivity contribution is -0.168. The molecule has 7 nitrogen and oxygen atoms in total. The molecule has 7 heteroatoms. The van der Waals surface area contributed by atoms with E-state index < -0.39 is 18.1 Å². The Morgan fingerprint density at radius 1 is 1.08 bits per heavy atom. The highest BCUT2D eigenvalue weighted by atomic mass is 16.7. The van der Waals surface area contributed by atoms with E-state index >= 15 is 0 Å². The van der Waals surface area contributed by atoms with E-state index in [2.05, 4.69) is 29.9 Å². The fraction of sp³-hybridized carbons (Fsp3) is 0.621. The fourth-order valence-electron chi connectivity index (χ4n) is 5.21. The Balaban J connectivity index is 1.47. The molecular formula is C29H45N3O4. The Bertz CT molecular complexity index is 943. The Labute approximate surface area is 215 Å². The minimum absolute atomic E-state index is 0.156. The Morgan fingerprint density at radius 2 is 1.75 bits per heavy atom. The van der Waals surface area contributed by atoms with Gasteiger partial charge in [0, 0.05) is 36.1 Å². The van der Waals surface area contributed by atoms with Crippen LogP contribution in [0, 0.1) is 5.92 Å². The molecule has 3 rings (SSSR count). The number of unbranched alkanes of at least 4 members (excludes halogenated alkanes) is 9. The molecule has 1 saturated heterocycles. The van der Waals surface area contributed by atoms with E-state index in [0.717, 1.165) is 29.3 Å². The number of carbonyl (C=O) groups excluding carboxylic acids is 1. The largest absolute Gasteiger partial charge is 0.510 e. The molecule has 2 aromatic rings. The van der Waals surface area contributed by atoms with Crippen molar-refractivity contribution in [3.8, 4) is 0 Å². The number of hydrogen-bond donors (Lipinski definition) is 4. The first-order valence-electron chi connectivity index (χ1n) is 13.8. The van der Waals surface area contributed by atoms with Crippen molar-refractivity contribution in [1.82, 2.24) is 15.4 Å². The van der Waals surface area contributed by atoms with Crippen LogP contribution in [0.5, 0.6) is 0 Å². The fourth-order valence-corrected chi connectivity index (χ4v) is 5.21. The van der Waals surface area contributed by atoms with E-state index in [-0.39, 0.29) is 18.3 Å². The van der Waals surface area contributed by atoms with E-state index in [1.165, 1.54) is 51.4 Å². The minimum atomic E-state index is -0.775. The molecule has 1 aliphatic rings. The van der Waals surface area contributed by atoms with E-state index in [1.807, 2.05) is 24.4 Å². The van der Waals surface area contributed by atoms with Gasteiger partial charge in [-0.25, -0.2) is 0 Å². The number of aromatic nitrogens is 1. The second-order valence-electron chi connectivity index (χ2n) is 10.0. The molecule has 0 radical (unpaired) electrons. The normalized spacial score (nSPS) is 20.2. The van der Waals surface area contributed by atoms with Crippen molar-refractivity contribution >= 4 is 16.8 Å². The van der Waals surface area contributed by atoms with E-state index in [4.69, 9.17) is 4.84 Å². The van der Waals surface area contributed by atoms with E-state index in [1.54, 1.807) is 5.06 Å². The lowest BCUT2D eigenvalue weighted by atomic mass is 9.93. The van der Waals surface area contributed by atoms with Crippen molar-refractivity contribution in [3.05, 3.63) is 48.4 Å². The molecule has 1 amide bonds. The first-order chi connectivity index (χ1) is 17.6. The van der Waals surface area contributed by atoms with Crippen LogP contribution in [-0.4, -0.2) is 58.0 Å². The molecule has 0 unspecified atom stereocenters. The molecule has 0 spiro atoms. The van der Waals surface area contributed by atoms with Gasteiger partial charge >= 0.3 is 0 Å². The number of benzene rings is 1. The predicted octanol–water partition coefficient (Wildman–Crippen LogP) is 5.41. The summed E-state index contributed by atoms with van der Waals surface area (Å²) in [4.78, 5) is 22.4. The van der Waals surface area contributed by atoms with Crippen LogP contribution in [0.3, 0.4) is 0 Å². The van der Waals surface area contributed by atoms with Crippen LogP contribution in [0.2, 0.25) is 0 Å². The molecule has 200 valence electrons. The van der Waals surface area contributed by atoms with Gasteiger partial charge in [0.25, 0.3) is 0 Å². The predicted molar refractivity (Wildman–Crippen MR) is 145 cm³/mol. The lowest BCUT2D eigenvalue weighted by Gasteiger charge is -2.24. The zero-order chi connectivity index (χ0) is 25.8. The number of rotatable bonds is 17. The number of carbonyl (C=O) groups is 1. The maximum atomic E-state index is 13.2. The number of aliphatic hydroxyl groups excluding tert-OH is 2. The van der Waals surface area contributed by atoms with Gasteiger partial charge in [-0.15, -0.1) is 0 Å². The average Bonchev–Trinajstić information content (AvgIpc) is 3.46. The third kappa shape index (κ3) is 7.82. The number of hydrogen-bond acceptors (Lipinski definition) is 5. The van der Waals surface area contributed by atoms with Crippen LogP contribution in [0.1, 0.15) is 76.7 Å². The topological polar surface area (TPSA) is 97.8 Å². The number of aromatic amines is 1. The zero-order valence-electron chi connectivity index (χ0n) is 21.9. The second kappa shape index (κ2) is 15.0. The quantitative estimate of drug-likeness (QED) is 0.172. The van der Waals surface area contributed by atoms with Gasteiger partial charge in [-0.2, -0.15) is 5.06 Å². The minimum Gasteiger partial charge on any atom is -0.510 e. The number of amides is 1. The number of nitrogens with zero attached hydrogens (tertiary/aromatic N) is 1. The van der Waals surface area contributed by atoms with Crippen LogP contribution >= 0.6 is 0 Å². The van der Waals surface area contributed by atoms with Crippen LogP contribution in [0.25, 0.3) is 10.9 Å². The molecule has 1 aliphatic heterocycles. The Morgan fingerprint density at radius 3 is 2.42 bits per heavy atom. The number of para-hydroxylation sites is 1. The monoisotopic (exact) mass is 499 g/mol. The molecule has 1 fully saturated rings. The molecule has 3 atom stereocenters. The van der Waals surface area contributed by atoms with Gasteiger partial charge in [-0.05, 0) is 24.5 Å². The highest BCUT2D eigenvalue weighted by Gasteiger charge is 2.47. The summed E-state index contributed by atoms with van der Waals surface area (Å²) in [6.07, 6.45) is 14.2. The summed E-state index contributed by atoms with van der Waals surface area (Å²) < 4.78 is 0. The molecule has 1 aromatic carbocycles. The summed E-state index contributed by atoms with van der Waals surface area (Å²) in [7, 11) is 0. The number of nitrogens with one attached hydrogen (secondary N) is 2. The van der Waals surface area contributed by atoms with Gasteiger partial charge in [-0.3, -0.25) is 9.63 Å². The molecule has 36 heavy (non-hydrogen) atoms. The Hall–Kier alpha value is -2.35. The standard InChI is InChI=1S/C29H45N3O4/c1-3-4-5-6-7-8-9-10-11-14-19-32-27(25(21-33)28(36-32)22(2)34)29(35)30-18-17-23-20-31-26-16-13-12-15-24(23)26/h12-13,15-16,20,25,27-28,31,33-34H,2-11,14,17-19,21H2,1H3,(H,30,35)/t25-,27-,28-/m0/s1. The molecule has 0 bridgehead atoms. The van der Waals surface area contributed by atoms with Gasteiger partial charge in [0.05, 0.1) is 6.61 Å². The van der Waals surface area contributed by atoms with Gasteiger partial charge in [0.2, 0.25) is 5.91 Å². The summed E-state index contributed by atoms with van der Waals surface area (Å²) in [6, 6.07) is 7.44. The highest BCUT2D eigenvalue weighted by Crippen LogP contribution is 2.31.